The summed E-state index contributed by atoms with van der Waals surface area (Å²) in [5.41, 5.74) is 1.76. The largest absolute Gasteiger partial charge is 0.462 e. The molecule has 1 aromatic heterocycles. The van der Waals surface area contributed by atoms with Crippen LogP contribution in [0.5, 0.6) is 0 Å². The first-order valence-corrected chi connectivity index (χ1v) is 8.15. The molecule has 1 atom stereocenters. The van der Waals surface area contributed by atoms with Gasteiger partial charge in [-0.2, -0.15) is 0 Å². The molecule has 0 amide bonds. The molecule has 4 heteroatoms. The Kier molecular flexibility index (Phi) is 4.63. The summed E-state index contributed by atoms with van der Waals surface area (Å²) < 4.78 is 5.13. The number of ether oxygens (including phenoxy) is 1. The van der Waals surface area contributed by atoms with Crippen molar-refractivity contribution in [1.29, 1.82) is 0 Å². The lowest BCUT2D eigenvalue weighted by atomic mass is 9.83. The number of carbonyl (C=O) groups is 2. The van der Waals surface area contributed by atoms with Gasteiger partial charge in [0.25, 0.3) is 0 Å². The highest BCUT2D eigenvalue weighted by Gasteiger charge is 2.32. The molecule has 1 aliphatic carbocycles. The Balaban J connectivity index is 2.56. The molecule has 0 spiro atoms. The summed E-state index contributed by atoms with van der Waals surface area (Å²) in [5, 5.41) is 0. The number of Topliss-reactive ketones (excluding diaryl/α,β-unsaturated/α-hetero) is 1. The van der Waals surface area contributed by atoms with Gasteiger partial charge in [-0.3, -0.25) is 4.79 Å². The van der Waals surface area contributed by atoms with Gasteiger partial charge in [-0.25, -0.2) is 4.79 Å². The molecular formula is C16H22O3S. The summed E-state index contributed by atoms with van der Waals surface area (Å²) in [6, 6.07) is 0. The summed E-state index contributed by atoms with van der Waals surface area (Å²) in [4.78, 5) is 26.4. The molecule has 0 saturated heterocycles. The SMILES string of the molecule is CCOC(=O)c1sc2c(c1C(=O)C(C)C)C(C)CCC2. The summed E-state index contributed by atoms with van der Waals surface area (Å²) in [7, 11) is 0. The van der Waals surface area contributed by atoms with Crippen LogP contribution in [0.15, 0.2) is 0 Å². The Morgan fingerprint density at radius 3 is 2.70 bits per heavy atom. The molecule has 0 aromatic carbocycles. The highest BCUT2D eigenvalue weighted by Crippen LogP contribution is 2.41. The molecule has 3 nitrogen and oxygen atoms in total. The first-order chi connectivity index (χ1) is 9.47. The average molecular weight is 294 g/mol. The molecule has 0 saturated carbocycles. The van der Waals surface area contributed by atoms with E-state index >= 15 is 0 Å². The lowest BCUT2D eigenvalue weighted by molar-refractivity contribution is 0.0528. The molecule has 0 N–H and O–H groups in total. The monoisotopic (exact) mass is 294 g/mol. The van der Waals surface area contributed by atoms with E-state index in [1.807, 2.05) is 13.8 Å². The van der Waals surface area contributed by atoms with Crippen LogP contribution in [0.2, 0.25) is 0 Å². The third-order valence-electron chi connectivity index (χ3n) is 3.79. The van der Waals surface area contributed by atoms with Crippen molar-refractivity contribution in [3.8, 4) is 0 Å². The van der Waals surface area contributed by atoms with E-state index in [0.29, 0.717) is 23.0 Å². The van der Waals surface area contributed by atoms with Crippen LogP contribution in [-0.2, 0) is 11.2 Å². The molecule has 110 valence electrons. The van der Waals surface area contributed by atoms with E-state index in [2.05, 4.69) is 6.92 Å². The predicted octanol–water partition coefficient (Wildman–Crippen LogP) is 4.20. The second-order valence-corrected chi connectivity index (χ2v) is 6.78. The van der Waals surface area contributed by atoms with Crippen LogP contribution in [0.1, 0.15) is 76.9 Å². The smallest absolute Gasteiger partial charge is 0.349 e. The van der Waals surface area contributed by atoms with E-state index in [1.165, 1.54) is 16.2 Å². The highest BCUT2D eigenvalue weighted by atomic mass is 32.1. The molecule has 2 rings (SSSR count). The topological polar surface area (TPSA) is 43.4 Å². The molecule has 1 heterocycles. The lowest BCUT2D eigenvalue weighted by Gasteiger charge is -2.20. The van der Waals surface area contributed by atoms with Gasteiger partial charge in [0, 0.05) is 16.4 Å². The van der Waals surface area contributed by atoms with Crippen molar-refractivity contribution in [2.24, 2.45) is 5.92 Å². The first kappa shape index (κ1) is 15.2. The molecule has 0 radical (unpaired) electrons. The van der Waals surface area contributed by atoms with Gasteiger partial charge in [0.2, 0.25) is 0 Å². The third-order valence-corrected chi connectivity index (χ3v) is 5.03. The van der Waals surface area contributed by atoms with Gasteiger partial charge in [0.1, 0.15) is 4.88 Å². The molecule has 1 aliphatic rings. The maximum Gasteiger partial charge on any atom is 0.349 e. The number of thiophene rings is 1. The van der Waals surface area contributed by atoms with E-state index in [0.717, 1.165) is 24.8 Å². The maximum absolute atomic E-state index is 12.6. The molecular weight excluding hydrogens is 272 g/mol. The average Bonchev–Trinajstić information content (AvgIpc) is 2.78. The Labute approximate surface area is 124 Å². The number of ketones is 1. The molecule has 0 fully saturated rings. The first-order valence-electron chi connectivity index (χ1n) is 7.34. The molecule has 0 bridgehead atoms. The van der Waals surface area contributed by atoms with Crippen molar-refractivity contribution in [1.82, 2.24) is 0 Å². The molecule has 20 heavy (non-hydrogen) atoms. The van der Waals surface area contributed by atoms with E-state index < -0.39 is 0 Å². The predicted molar refractivity (Wildman–Crippen MR) is 80.8 cm³/mol. The molecule has 0 aliphatic heterocycles. The van der Waals surface area contributed by atoms with Crippen LogP contribution < -0.4 is 0 Å². The van der Waals surface area contributed by atoms with Gasteiger partial charge in [0.15, 0.2) is 5.78 Å². The fourth-order valence-corrected chi connectivity index (χ4v) is 4.15. The summed E-state index contributed by atoms with van der Waals surface area (Å²) in [5.74, 6) is -0.0192. The summed E-state index contributed by atoms with van der Waals surface area (Å²) >= 11 is 1.46. The normalized spacial score (nSPS) is 17.9. The zero-order valence-corrected chi connectivity index (χ0v) is 13.4. The Bertz CT molecular complexity index is 528. The van der Waals surface area contributed by atoms with Crippen molar-refractivity contribution < 1.29 is 14.3 Å². The Morgan fingerprint density at radius 1 is 1.40 bits per heavy atom. The fraction of sp³-hybridized carbons (Fsp3) is 0.625. The molecule has 1 unspecified atom stereocenters. The summed E-state index contributed by atoms with van der Waals surface area (Å²) in [6.45, 7) is 8.05. The van der Waals surface area contributed by atoms with E-state index in [-0.39, 0.29) is 17.7 Å². The van der Waals surface area contributed by atoms with Crippen LogP contribution in [0, 0.1) is 5.92 Å². The minimum Gasteiger partial charge on any atom is -0.462 e. The van der Waals surface area contributed by atoms with Gasteiger partial charge in [0.05, 0.1) is 6.61 Å². The minimum absolute atomic E-state index is 0.0688. The van der Waals surface area contributed by atoms with Crippen LogP contribution in [0.4, 0.5) is 0 Å². The van der Waals surface area contributed by atoms with Crippen molar-refractivity contribution in [2.45, 2.75) is 52.9 Å². The zero-order valence-electron chi connectivity index (χ0n) is 12.6. The maximum atomic E-state index is 12.6. The number of esters is 1. The second-order valence-electron chi connectivity index (χ2n) is 5.68. The van der Waals surface area contributed by atoms with Gasteiger partial charge in [-0.15, -0.1) is 11.3 Å². The second kappa shape index (κ2) is 6.08. The molecule has 1 aromatic rings. The van der Waals surface area contributed by atoms with Gasteiger partial charge < -0.3 is 4.74 Å². The number of hydrogen-bond donors (Lipinski definition) is 0. The standard InChI is InChI=1S/C16H22O3S/c1-5-19-16(18)15-13(14(17)9(2)3)12-10(4)7-6-8-11(12)20-15/h9-10H,5-8H2,1-4H3. The zero-order chi connectivity index (χ0) is 14.9. The van der Waals surface area contributed by atoms with Crippen molar-refractivity contribution in [2.75, 3.05) is 6.61 Å². The number of fused-ring (bicyclic) bond motifs is 1. The van der Waals surface area contributed by atoms with Crippen molar-refractivity contribution in [3.05, 3.63) is 20.9 Å². The fourth-order valence-electron chi connectivity index (χ4n) is 2.78. The lowest BCUT2D eigenvalue weighted by Crippen LogP contribution is -2.17. The van der Waals surface area contributed by atoms with Crippen molar-refractivity contribution >= 4 is 23.1 Å². The minimum atomic E-state index is -0.344. The van der Waals surface area contributed by atoms with E-state index in [9.17, 15) is 9.59 Å². The Hall–Kier alpha value is -1.16. The number of aryl methyl sites for hydroxylation is 1. The number of carbonyl (C=O) groups excluding carboxylic acids is 2. The highest BCUT2D eigenvalue weighted by molar-refractivity contribution is 7.14. The Morgan fingerprint density at radius 2 is 2.10 bits per heavy atom. The van der Waals surface area contributed by atoms with Gasteiger partial charge in [-0.05, 0) is 37.7 Å². The third kappa shape index (κ3) is 2.66. The number of hydrogen-bond acceptors (Lipinski definition) is 4. The van der Waals surface area contributed by atoms with E-state index in [4.69, 9.17) is 4.74 Å². The van der Waals surface area contributed by atoms with Gasteiger partial charge in [-0.1, -0.05) is 20.8 Å². The van der Waals surface area contributed by atoms with Crippen LogP contribution >= 0.6 is 11.3 Å². The number of rotatable bonds is 4. The van der Waals surface area contributed by atoms with E-state index in [1.54, 1.807) is 6.92 Å². The summed E-state index contributed by atoms with van der Waals surface area (Å²) in [6.07, 6.45) is 3.19. The van der Waals surface area contributed by atoms with Crippen LogP contribution in [0.3, 0.4) is 0 Å². The van der Waals surface area contributed by atoms with Crippen LogP contribution in [-0.4, -0.2) is 18.4 Å². The van der Waals surface area contributed by atoms with Gasteiger partial charge >= 0.3 is 5.97 Å². The quantitative estimate of drug-likeness (QED) is 0.617. The van der Waals surface area contributed by atoms with Crippen LogP contribution in [0.25, 0.3) is 0 Å². The van der Waals surface area contributed by atoms with Crippen molar-refractivity contribution in [3.63, 3.8) is 0 Å².